The number of nitrogens with zero attached hydrogens (tertiary/aromatic N) is 2. The number of likely N-dealkylation sites (N-methyl/N-ethyl adjacent to an activating group) is 1. The number of non-ortho nitro benzene ring substituents is 1. The van der Waals surface area contributed by atoms with Crippen molar-refractivity contribution in [2.24, 2.45) is 0 Å². The number of hydrogen-bond donors (Lipinski definition) is 1. The molecule has 2 unspecified atom stereocenters. The highest BCUT2D eigenvalue weighted by Crippen LogP contribution is 2.24. The minimum atomic E-state index is -0.358. The molecule has 0 spiro atoms. The Morgan fingerprint density at radius 2 is 2.11 bits per heavy atom. The fourth-order valence-electron chi connectivity index (χ4n) is 2.61. The van der Waals surface area contributed by atoms with Crippen LogP contribution >= 0.6 is 0 Å². The molecule has 1 aliphatic heterocycles. The van der Waals surface area contributed by atoms with Gasteiger partial charge in [0.1, 0.15) is 0 Å². The van der Waals surface area contributed by atoms with E-state index in [0.29, 0.717) is 6.04 Å². The second-order valence-electron chi connectivity index (χ2n) is 5.19. The predicted octanol–water partition coefficient (Wildman–Crippen LogP) is 2.34. The van der Waals surface area contributed by atoms with Gasteiger partial charge in [-0.2, -0.15) is 0 Å². The predicted molar refractivity (Wildman–Crippen MR) is 75.2 cm³/mol. The Labute approximate surface area is 113 Å². The summed E-state index contributed by atoms with van der Waals surface area (Å²) in [5, 5.41) is 14.1. The highest BCUT2D eigenvalue weighted by atomic mass is 16.6. The number of benzene rings is 1. The van der Waals surface area contributed by atoms with Crippen molar-refractivity contribution in [1.82, 2.24) is 10.2 Å². The first kappa shape index (κ1) is 14.0. The Bertz CT molecular complexity index is 427. The summed E-state index contributed by atoms with van der Waals surface area (Å²) in [7, 11) is 2.13. The molecule has 1 fully saturated rings. The molecule has 0 aromatic heterocycles. The third kappa shape index (κ3) is 3.30. The summed E-state index contributed by atoms with van der Waals surface area (Å²) in [6.45, 7) is 4.28. The number of nitro groups is 1. The smallest absolute Gasteiger partial charge is 0.269 e. The van der Waals surface area contributed by atoms with Gasteiger partial charge in [-0.05, 0) is 38.9 Å². The van der Waals surface area contributed by atoms with Crippen LogP contribution in [0.25, 0.3) is 0 Å². The molecule has 2 rings (SSSR count). The van der Waals surface area contributed by atoms with E-state index >= 15 is 0 Å². The number of nitro benzene ring substituents is 1. The van der Waals surface area contributed by atoms with E-state index in [1.54, 1.807) is 12.1 Å². The van der Waals surface area contributed by atoms with Gasteiger partial charge in [0.15, 0.2) is 0 Å². The van der Waals surface area contributed by atoms with Gasteiger partial charge >= 0.3 is 0 Å². The summed E-state index contributed by atoms with van der Waals surface area (Å²) in [5.74, 6) is 0. The fraction of sp³-hybridized carbons (Fsp3) is 0.571. The SMILES string of the molecule is CC(c1ccc([N+](=O)[O-])cc1)N(C)C1CCCNC1. The molecule has 1 aromatic rings. The minimum absolute atomic E-state index is 0.151. The first-order valence-electron chi connectivity index (χ1n) is 6.76. The molecule has 0 saturated carbocycles. The zero-order valence-electron chi connectivity index (χ0n) is 11.5. The molecular formula is C14H21N3O2. The van der Waals surface area contributed by atoms with Gasteiger partial charge in [0, 0.05) is 30.8 Å². The van der Waals surface area contributed by atoms with Crippen molar-refractivity contribution >= 4 is 5.69 Å². The number of hydrogen-bond acceptors (Lipinski definition) is 4. The van der Waals surface area contributed by atoms with Crippen LogP contribution in [-0.4, -0.2) is 36.0 Å². The van der Waals surface area contributed by atoms with Gasteiger partial charge in [-0.15, -0.1) is 0 Å². The monoisotopic (exact) mass is 263 g/mol. The van der Waals surface area contributed by atoms with Crippen LogP contribution in [-0.2, 0) is 0 Å². The van der Waals surface area contributed by atoms with E-state index < -0.39 is 0 Å². The second-order valence-corrected chi connectivity index (χ2v) is 5.19. The van der Waals surface area contributed by atoms with Gasteiger partial charge in [-0.1, -0.05) is 12.1 Å². The normalized spacial score (nSPS) is 21.3. The van der Waals surface area contributed by atoms with Crippen LogP contribution in [0.15, 0.2) is 24.3 Å². The fourth-order valence-corrected chi connectivity index (χ4v) is 2.61. The number of piperidine rings is 1. The maximum absolute atomic E-state index is 10.7. The quantitative estimate of drug-likeness (QED) is 0.669. The van der Waals surface area contributed by atoms with E-state index in [4.69, 9.17) is 0 Å². The largest absolute Gasteiger partial charge is 0.315 e. The van der Waals surface area contributed by atoms with Gasteiger partial charge in [0.05, 0.1) is 4.92 Å². The zero-order valence-corrected chi connectivity index (χ0v) is 11.5. The van der Waals surface area contributed by atoms with E-state index in [2.05, 4.69) is 24.2 Å². The third-order valence-electron chi connectivity index (χ3n) is 4.04. The lowest BCUT2D eigenvalue weighted by atomic mass is 10.0. The van der Waals surface area contributed by atoms with Crippen LogP contribution in [0.5, 0.6) is 0 Å². The topological polar surface area (TPSA) is 58.4 Å². The molecule has 2 atom stereocenters. The maximum atomic E-state index is 10.7. The average molecular weight is 263 g/mol. The Hall–Kier alpha value is -1.46. The van der Waals surface area contributed by atoms with E-state index in [0.717, 1.165) is 18.7 Å². The van der Waals surface area contributed by atoms with Crippen LogP contribution in [0.2, 0.25) is 0 Å². The Morgan fingerprint density at radius 3 is 2.63 bits per heavy atom. The summed E-state index contributed by atoms with van der Waals surface area (Å²) >= 11 is 0. The van der Waals surface area contributed by atoms with Crippen molar-refractivity contribution in [2.45, 2.75) is 31.8 Å². The van der Waals surface area contributed by atoms with Gasteiger partial charge in [-0.3, -0.25) is 15.0 Å². The lowest BCUT2D eigenvalue weighted by molar-refractivity contribution is -0.384. The molecule has 0 radical (unpaired) electrons. The molecule has 0 amide bonds. The van der Waals surface area contributed by atoms with Crippen molar-refractivity contribution in [3.05, 3.63) is 39.9 Å². The standard InChI is InChI=1S/C14H21N3O2/c1-11(16(2)14-4-3-9-15-10-14)12-5-7-13(8-6-12)17(18)19/h5-8,11,14-15H,3-4,9-10H2,1-2H3. The molecule has 1 aliphatic rings. The van der Waals surface area contributed by atoms with Gasteiger partial charge in [0.25, 0.3) is 5.69 Å². The molecule has 1 aromatic carbocycles. The molecule has 1 saturated heterocycles. The minimum Gasteiger partial charge on any atom is -0.315 e. The summed E-state index contributed by atoms with van der Waals surface area (Å²) in [6, 6.07) is 7.69. The molecule has 0 bridgehead atoms. The summed E-state index contributed by atoms with van der Waals surface area (Å²) in [4.78, 5) is 12.6. The first-order chi connectivity index (χ1) is 9.09. The molecule has 1 N–H and O–H groups in total. The summed E-state index contributed by atoms with van der Waals surface area (Å²) < 4.78 is 0. The molecule has 5 heteroatoms. The Balaban J connectivity index is 2.05. The van der Waals surface area contributed by atoms with Gasteiger partial charge in [0.2, 0.25) is 0 Å². The Morgan fingerprint density at radius 1 is 1.42 bits per heavy atom. The van der Waals surface area contributed by atoms with Crippen molar-refractivity contribution in [3.63, 3.8) is 0 Å². The van der Waals surface area contributed by atoms with E-state index in [1.807, 2.05) is 12.1 Å². The van der Waals surface area contributed by atoms with Crippen LogP contribution < -0.4 is 5.32 Å². The maximum Gasteiger partial charge on any atom is 0.269 e. The first-order valence-corrected chi connectivity index (χ1v) is 6.76. The van der Waals surface area contributed by atoms with Gasteiger partial charge in [-0.25, -0.2) is 0 Å². The lowest BCUT2D eigenvalue weighted by Crippen LogP contribution is -2.45. The van der Waals surface area contributed by atoms with Crippen LogP contribution in [0.3, 0.4) is 0 Å². The Kier molecular flexibility index (Phi) is 4.50. The average Bonchev–Trinajstić information content (AvgIpc) is 2.46. The van der Waals surface area contributed by atoms with E-state index in [-0.39, 0.29) is 16.7 Å². The summed E-state index contributed by atoms with van der Waals surface area (Å²) in [6.07, 6.45) is 2.42. The molecule has 0 aliphatic carbocycles. The summed E-state index contributed by atoms with van der Waals surface area (Å²) in [5.41, 5.74) is 1.27. The van der Waals surface area contributed by atoms with Crippen LogP contribution in [0.4, 0.5) is 5.69 Å². The molecule has 5 nitrogen and oxygen atoms in total. The molecule has 1 heterocycles. The lowest BCUT2D eigenvalue weighted by Gasteiger charge is -2.36. The van der Waals surface area contributed by atoms with E-state index in [1.165, 1.54) is 12.8 Å². The van der Waals surface area contributed by atoms with E-state index in [9.17, 15) is 10.1 Å². The highest BCUT2D eigenvalue weighted by molar-refractivity contribution is 5.34. The number of nitrogens with one attached hydrogen (secondary N) is 1. The van der Waals surface area contributed by atoms with Crippen molar-refractivity contribution in [3.8, 4) is 0 Å². The van der Waals surface area contributed by atoms with Crippen LogP contribution in [0, 0.1) is 10.1 Å². The molecular weight excluding hydrogens is 242 g/mol. The molecule has 104 valence electrons. The van der Waals surface area contributed by atoms with Crippen LogP contribution in [0.1, 0.15) is 31.4 Å². The highest BCUT2D eigenvalue weighted by Gasteiger charge is 2.22. The van der Waals surface area contributed by atoms with Crippen molar-refractivity contribution in [1.29, 1.82) is 0 Å². The van der Waals surface area contributed by atoms with Crippen molar-refractivity contribution in [2.75, 3.05) is 20.1 Å². The number of rotatable bonds is 4. The third-order valence-corrected chi connectivity index (χ3v) is 4.04. The molecule has 19 heavy (non-hydrogen) atoms. The van der Waals surface area contributed by atoms with Gasteiger partial charge < -0.3 is 5.32 Å². The zero-order chi connectivity index (χ0) is 13.8. The van der Waals surface area contributed by atoms with Crippen molar-refractivity contribution < 1.29 is 4.92 Å². The second kappa shape index (κ2) is 6.12.